The van der Waals surface area contributed by atoms with Crippen molar-refractivity contribution in [2.24, 2.45) is 11.8 Å². The van der Waals surface area contributed by atoms with Crippen LogP contribution in [0.4, 0.5) is 62.3 Å². The maximum absolute atomic E-state index is 14.6. The second-order valence-electron chi connectivity index (χ2n) is 25.0. The van der Waals surface area contributed by atoms with E-state index in [1.165, 1.54) is 124 Å². The first-order valence-electron chi connectivity index (χ1n) is 30.2. The van der Waals surface area contributed by atoms with Crippen molar-refractivity contribution in [3.8, 4) is 34.4 Å². The van der Waals surface area contributed by atoms with Gasteiger partial charge >= 0.3 is 48.3 Å². The van der Waals surface area contributed by atoms with E-state index < -0.39 is 159 Å². The van der Waals surface area contributed by atoms with Gasteiger partial charge in [0.2, 0.25) is 11.8 Å². The van der Waals surface area contributed by atoms with E-state index in [-0.39, 0.29) is 66.2 Å². The molecule has 0 saturated carbocycles. The van der Waals surface area contributed by atoms with Gasteiger partial charge in [-0.1, -0.05) is 46.4 Å². The van der Waals surface area contributed by atoms with E-state index in [0.717, 1.165) is 9.36 Å². The molecule has 3 unspecified atom stereocenters. The number of carbonyl (C=O) groups excluding carboxylic acids is 4. The zero-order chi connectivity index (χ0) is 74.9. The van der Waals surface area contributed by atoms with E-state index in [2.05, 4.69) is 40.3 Å². The number of amides is 4. The van der Waals surface area contributed by atoms with Crippen molar-refractivity contribution in [2.75, 3.05) is 13.1 Å². The van der Waals surface area contributed by atoms with E-state index >= 15 is 0 Å². The van der Waals surface area contributed by atoms with Gasteiger partial charge in [0.25, 0.3) is 0 Å². The minimum atomic E-state index is -5.23. The van der Waals surface area contributed by atoms with Crippen molar-refractivity contribution < 1.29 is 81.3 Å². The Hall–Kier alpha value is -9.30. The molecule has 6 atom stereocenters. The fourth-order valence-electron chi connectivity index (χ4n) is 10.4. The summed E-state index contributed by atoms with van der Waals surface area (Å²) >= 11 is 24.3. The first kappa shape index (κ1) is 76.9. The van der Waals surface area contributed by atoms with Crippen molar-refractivity contribution in [1.29, 1.82) is 0 Å². The highest BCUT2D eigenvalue weighted by Gasteiger charge is 2.55. The highest BCUT2D eigenvalue weighted by molar-refractivity contribution is 6.32. The zero-order valence-electron chi connectivity index (χ0n) is 53.8. The summed E-state index contributed by atoms with van der Waals surface area (Å²) in [6.45, 7) is 3.27. The Morgan fingerprint density at radius 2 is 0.853 bits per heavy atom. The summed E-state index contributed by atoms with van der Waals surface area (Å²) in [6, 6.07) is 7.99. The molecule has 6 aromatic heterocycles. The molecule has 0 spiro atoms. The lowest BCUT2D eigenvalue weighted by atomic mass is 10.0. The molecule has 0 aliphatic carbocycles. The first-order chi connectivity index (χ1) is 47.4. The lowest BCUT2D eigenvalue weighted by Crippen LogP contribution is -2.55. The minimum absolute atomic E-state index is 0.00878. The molecule has 0 radical (unpaired) electrons. The molecule has 2 saturated heterocycles. The van der Waals surface area contributed by atoms with Crippen LogP contribution in [0.1, 0.15) is 66.0 Å². The van der Waals surface area contributed by atoms with Gasteiger partial charge in [0, 0.05) is 46.7 Å². The fourth-order valence-corrected chi connectivity index (χ4v) is 11.1. The molecule has 102 heavy (non-hydrogen) atoms. The fraction of sp³-hybridized carbons (Fsp3) is 0.433. The molecule has 2 aliphatic heterocycles. The maximum atomic E-state index is 14.6. The van der Waals surface area contributed by atoms with Gasteiger partial charge in [0.15, 0.2) is 34.9 Å². The minimum Gasteiger partial charge on any atom is -0.444 e. The summed E-state index contributed by atoms with van der Waals surface area (Å²) in [4.78, 5) is 96.9. The van der Waals surface area contributed by atoms with Gasteiger partial charge in [-0.3, -0.25) is 28.5 Å². The number of hydrogen-bond donors (Lipinski definition) is 2. The van der Waals surface area contributed by atoms with Gasteiger partial charge in [-0.05, 0) is 127 Å². The van der Waals surface area contributed by atoms with Crippen molar-refractivity contribution in [3.63, 3.8) is 0 Å². The number of pyridine rings is 2. The molecule has 0 bridgehead atoms. The van der Waals surface area contributed by atoms with Crippen molar-refractivity contribution in [2.45, 2.75) is 141 Å². The molecule has 10 rings (SSSR count). The normalized spacial score (nSPS) is 17.4. The van der Waals surface area contributed by atoms with Gasteiger partial charge in [-0.15, -0.1) is 20.4 Å². The van der Waals surface area contributed by atoms with Crippen molar-refractivity contribution in [1.82, 2.24) is 88.6 Å². The van der Waals surface area contributed by atoms with Crippen LogP contribution < -0.4 is 22.0 Å². The van der Waals surface area contributed by atoms with Gasteiger partial charge in [0.05, 0.1) is 35.0 Å². The second-order valence-corrected chi connectivity index (χ2v) is 26.7. The zero-order valence-corrected chi connectivity index (χ0v) is 56.9. The number of benzene rings is 2. The summed E-state index contributed by atoms with van der Waals surface area (Å²) in [6.07, 6.45) is -19.4. The summed E-state index contributed by atoms with van der Waals surface area (Å²) in [7, 11) is 0. The Labute approximate surface area is 588 Å². The third-order valence-electron chi connectivity index (χ3n) is 15.2. The number of hydrogen-bond acceptors (Lipinski definition) is 16. The van der Waals surface area contributed by atoms with Crippen LogP contribution >= 0.6 is 46.4 Å². The van der Waals surface area contributed by atoms with Gasteiger partial charge in [-0.2, -0.15) is 52.7 Å². The molecule has 2 N–H and O–H groups in total. The predicted octanol–water partition coefficient (Wildman–Crippen LogP) is 10.6. The highest BCUT2D eigenvalue weighted by atomic mass is 35.5. The van der Waals surface area contributed by atoms with E-state index in [1.54, 1.807) is 34.9 Å². The van der Waals surface area contributed by atoms with Crippen LogP contribution in [0.15, 0.2) is 107 Å². The smallest absolute Gasteiger partial charge is 0.410 e. The molecule has 4 amide bonds. The molecule has 8 aromatic rings. The van der Waals surface area contributed by atoms with Crippen LogP contribution in [-0.2, 0) is 45.2 Å². The molecule has 26 nitrogen and oxygen atoms in total. The average molecular weight is 1530 g/mol. The predicted molar refractivity (Wildman–Crippen MR) is 338 cm³/mol. The number of nitrogens with zero attached hydrogens (tertiary/aromatic N) is 16. The largest absolute Gasteiger partial charge is 0.444 e. The second kappa shape index (κ2) is 30.0. The number of alkyl halides is 12. The Kier molecular flexibility index (Phi) is 22.6. The van der Waals surface area contributed by atoms with Gasteiger partial charge in [0.1, 0.15) is 61.1 Å². The monoisotopic (exact) mass is 1530 g/mol. The van der Waals surface area contributed by atoms with Crippen LogP contribution in [0.25, 0.3) is 34.4 Å². The number of carbonyl (C=O) groups is 4. The average Bonchev–Trinajstić information content (AvgIpc) is 1.65. The molecule has 2 aliphatic rings. The number of halogens is 16. The Morgan fingerprint density at radius 3 is 1.16 bits per heavy atom. The molecular formula is C60H58Cl4F12N18O8. The maximum Gasteiger partial charge on any atom is 0.410 e. The number of rotatable bonds is 16. The van der Waals surface area contributed by atoms with Gasteiger partial charge in [-0.25, -0.2) is 57.8 Å². The number of nitrogens with one attached hydrogen (secondary N) is 2. The van der Waals surface area contributed by atoms with Crippen LogP contribution in [0.3, 0.4) is 0 Å². The number of ether oxygens (including phenoxy) is 2. The topological polar surface area (TPSA) is 284 Å². The van der Waals surface area contributed by atoms with Crippen LogP contribution in [-0.4, -0.2) is 175 Å². The Balaban J connectivity index is 0.000000237. The Bertz CT molecular complexity index is 4190. The molecule has 2 fully saturated rings. The van der Waals surface area contributed by atoms with E-state index in [9.17, 15) is 81.5 Å². The third-order valence-corrected chi connectivity index (χ3v) is 16.3. The molecular weight excluding hydrogens is 1470 g/mol. The lowest BCUT2D eigenvalue weighted by molar-refractivity contribution is -0.171. The third kappa shape index (κ3) is 18.9. The summed E-state index contributed by atoms with van der Waals surface area (Å²) < 4.78 is 185. The van der Waals surface area contributed by atoms with E-state index in [1.807, 2.05) is 0 Å². The van der Waals surface area contributed by atoms with Crippen LogP contribution in [0, 0.1) is 11.8 Å². The van der Waals surface area contributed by atoms with E-state index in [4.69, 9.17) is 55.9 Å². The first-order valence-corrected chi connectivity index (χ1v) is 31.7. The number of aromatic nitrogens is 14. The quantitative estimate of drug-likeness (QED) is 0.0850. The highest BCUT2D eigenvalue weighted by Crippen LogP contribution is 2.40. The lowest BCUT2D eigenvalue weighted by Gasteiger charge is -2.29. The standard InChI is InChI=1S/2C30H29Cl2F6N9O4/c2*1-28(2,3)51-27(50)44-12-17(29(33,34)35)11-20(44)25(48)41-21(30(36,37)38)13-45-23(16-6-8-18(31)9-7-16)43-46(26(45)49)14-22-40-15-47(42-22)24-19(32)5-4-10-39-24/h2*4-10,15,17,20-21H,11-14H2,1-3H3,(H,41,48)/t17?,20-,21?;17-,20-,21?/m10/s1. The summed E-state index contributed by atoms with van der Waals surface area (Å²) in [5.41, 5.74) is -4.15. The Morgan fingerprint density at radius 1 is 0.510 bits per heavy atom. The van der Waals surface area contributed by atoms with Crippen LogP contribution in [0.2, 0.25) is 20.1 Å². The van der Waals surface area contributed by atoms with E-state index in [0.29, 0.717) is 18.9 Å². The SMILES string of the molecule is CC(C)(C)OC(=O)N1CC(C(F)(F)F)C[C@@H]1C(=O)NC(Cn1c(-c2ccc(Cl)cc2)nn(Cc2ncn(-c3ncccc3Cl)n2)c1=O)C(F)(F)F.CC(C)(C)OC(=O)N1C[C@@H](C(F)(F)F)C[C@H]1C(=O)NC(Cn1c(-c2ccc(Cl)cc2)nn(Cc2ncn(-c3ncccc3Cl)n2)c1=O)C(F)(F)F. The molecule has 42 heteroatoms. The summed E-state index contributed by atoms with van der Waals surface area (Å²) in [5, 5.41) is 21.4. The van der Waals surface area contributed by atoms with Crippen molar-refractivity contribution >= 4 is 70.4 Å². The molecule has 8 heterocycles. The van der Waals surface area contributed by atoms with Crippen LogP contribution in [0.5, 0.6) is 0 Å². The van der Waals surface area contributed by atoms with Gasteiger partial charge < -0.3 is 20.1 Å². The molecule has 2 aromatic carbocycles. The number of likely N-dealkylation sites (tertiary alicyclic amines) is 2. The summed E-state index contributed by atoms with van der Waals surface area (Å²) in [5.74, 6) is -7.52. The molecule has 548 valence electrons. The van der Waals surface area contributed by atoms with Crippen molar-refractivity contribution in [3.05, 3.63) is 151 Å².